The van der Waals surface area contributed by atoms with Crippen molar-refractivity contribution in [3.8, 4) is 0 Å². The van der Waals surface area contributed by atoms with Crippen molar-refractivity contribution < 1.29 is 4.39 Å². The van der Waals surface area contributed by atoms with Gasteiger partial charge in [-0.05, 0) is 47.5 Å². The number of halogens is 3. The second-order valence-corrected chi connectivity index (χ2v) is 4.20. The van der Waals surface area contributed by atoms with Gasteiger partial charge < -0.3 is 5.73 Å². The molecular formula is C9H12BrClFN. The van der Waals surface area contributed by atoms with Crippen LogP contribution in [0.5, 0.6) is 0 Å². The zero-order valence-corrected chi connectivity index (χ0v) is 9.88. The third kappa shape index (κ3) is 3.25. The summed E-state index contributed by atoms with van der Waals surface area (Å²) < 4.78 is 13.5. The number of hydrogen-bond donors (Lipinski definition) is 1. The Balaban J connectivity index is 0.00000144. The lowest BCUT2D eigenvalue weighted by Gasteiger charge is -2.19. The third-order valence-corrected chi connectivity index (χ3v) is 2.31. The van der Waals surface area contributed by atoms with Crippen molar-refractivity contribution >= 4 is 28.3 Å². The van der Waals surface area contributed by atoms with E-state index in [4.69, 9.17) is 5.73 Å². The molecule has 0 bridgehead atoms. The predicted molar refractivity (Wildman–Crippen MR) is 58.6 cm³/mol. The summed E-state index contributed by atoms with van der Waals surface area (Å²) in [5.41, 5.74) is 6.10. The number of hydrogen-bond acceptors (Lipinski definition) is 1. The molecule has 0 fully saturated rings. The SMILES string of the molecule is CC(C)(N)c1ccc(Br)c(F)c1.Cl. The van der Waals surface area contributed by atoms with Gasteiger partial charge in [0, 0.05) is 5.54 Å². The molecular weight excluding hydrogens is 256 g/mol. The molecule has 0 aliphatic carbocycles. The van der Waals surface area contributed by atoms with E-state index in [2.05, 4.69) is 15.9 Å². The summed E-state index contributed by atoms with van der Waals surface area (Å²) in [7, 11) is 0. The molecule has 0 saturated carbocycles. The van der Waals surface area contributed by atoms with Crippen LogP contribution in [-0.4, -0.2) is 0 Å². The van der Waals surface area contributed by atoms with E-state index in [0.717, 1.165) is 5.56 Å². The Hall–Kier alpha value is -0.120. The van der Waals surface area contributed by atoms with Gasteiger partial charge in [-0.2, -0.15) is 0 Å². The van der Waals surface area contributed by atoms with Gasteiger partial charge in [0.05, 0.1) is 4.47 Å². The molecule has 0 atom stereocenters. The van der Waals surface area contributed by atoms with Crippen molar-refractivity contribution in [3.05, 3.63) is 34.1 Å². The van der Waals surface area contributed by atoms with Crippen LogP contribution < -0.4 is 5.73 Å². The molecule has 0 saturated heterocycles. The van der Waals surface area contributed by atoms with Crippen LogP contribution in [-0.2, 0) is 5.54 Å². The molecule has 0 aliphatic rings. The lowest BCUT2D eigenvalue weighted by Crippen LogP contribution is -2.28. The van der Waals surface area contributed by atoms with Crippen molar-refractivity contribution in [2.75, 3.05) is 0 Å². The maximum atomic E-state index is 13.0. The van der Waals surface area contributed by atoms with Gasteiger partial charge in [0.1, 0.15) is 5.82 Å². The maximum absolute atomic E-state index is 13.0. The summed E-state index contributed by atoms with van der Waals surface area (Å²) in [6, 6.07) is 4.93. The first-order valence-corrected chi connectivity index (χ1v) is 4.45. The Morgan fingerprint density at radius 3 is 2.31 bits per heavy atom. The van der Waals surface area contributed by atoms with E-state index in [1.165, 1.54) is 6.07 Å². The Bertz CT molecular complexity index is 296. The van der Waals surface area contributed by atoms with Crippen molar-refractivity contribution in [2.24, 2.45) is 5.73 Å². The highest BCUT2D eigenvalue weighted by Crippen LogP contribution is 2.22. The molecule has 0 heterocycles. The summed E-state index contributed by atoms with van der Waals surface area (Å²) in [6.07, 6.45) is 0. The molecule has 74 valence electrons. The summed E-state index contributed by atoms with van der Waals surface area (Å²) in [6.45, 7) is 3.69. The van der Waals surface area contributed by atoms with Gasteiger partial charge in [-0.15, -0.1) is 12.4 Å². The molecule has 0 aliphatic heterocycles. The van der Waals surface area contributed by atoms with Crippen LogP contribution >= 0.6 is 28.3 Å². The fourth-order valence-corrected chi connectivity index (χ4v) is 1.14. The molecule has 0 aromatic heterocycles. The largest absolute Gasteiger partial charge is 0.322 e. The molecule has 0 spiro atoms. The maximum Gasteiger partial charge on any atom is 0.137 e. The summed E-state index contributed by atoms with van der Waals surface area (Å²) in [4.78, 5) is 0. The highest BCUT2D eigenvalue weighted by atomic mass is 79.9. The second kappa shape index (κ2) is 4.40. The molecule has 13 heavy (non-hydrogen) atoms. The first-order chi connectivity index (χ1) is 5.41. The Labute approximate surface area is 92.1 Å². The Morgan fingerprint density at radius 1 is 1.38 bits per heavy atom. The first-order valence-electron chi connectivity index (χ1n) is 3.65. The number of rotatable bonds is 1. The quantitative estimate of drug-likeness (QED) is 0.831. The fraction of sp³-hybridized carbons (Fsp3) is 0.333. The van der Waals surface area contributed by atoms with Crippen molar-refractivity contribution in [2.45, 2.75) is 19.4 Å². The van der Waals surface area contributed by atoms with Crippen molar-refractivity contribution in [1.29, 1.82) is 0 Å². The average molecular weight is 269 g/mol. The van der Waals surface area contributed by atoms with Gasteiger partial charge in [0.25, 0.3) is 0 Å². The van der Waals surface area contributed by atoms with Crippen LogP contribution in [0.25, 0.3) is 0 Å². The Morgan fingerprint density at radius 2 is 1.92 bits per heavy atom. The van der Waals surface area contributed by atoms with Crippen LogP contribution in [0.4, 0.5) is 4.39 Å². The number of benzene rings is 1. The predicted octanol–water partition coefficient (Wildman–Crippen LogP) is 3.20. The molecule has 1 aromatic carbocycles. The van der Waals surface area contributed by atoms with Crippen LogP contribution in [0.1, 0.15) is 19.4 Å². The first kappa shape index (κ1) is 12.9. The van der Waals surface area contributed by atoms with Crippen molar-refractivity contribution in [1.82, 2.24) is 0 Å². The van der Waals surface area contributed by atoms with Crippen LogP contribution in [0.3, 0.4) is 0 Å². The van der Waals surface area contributed by atoms with E-state index >= 15 is 0 Å². The average Bonchev–Trinajstić information content (AvgIpc) is 1.92. The summed E-state index contributed by atoms with van der Waals surface area (Å²) in [5, 5.41) is 0. The van der Waals surface area contributed by atoms with E-state index in [1.54, 1.807) is 6.07 Å². The van der Waals surface area contributed by atoms with Gasteiger partial charge in [-0.25, -0.2) is 4.39 Å². The van der Waals surface area contributed by atoms with Gasteiger partial charge in [0.15, 0.2) is 0 Å². The minimum absolute atomic E-state index is 0. The summed E-state index contributed by atoms with van der Waals surface area (Å²) in [5.74, 6) is -0.272. The third-order valence-electron chi connectivity index (χ3n) is 1.66. The molecule has 2 N–H and O–H groups in total. The zero-order valence-electron chi connectivity index (χ0n) is 7.47. The van der Waals surface area contributed by atoms with Gasteiger partial charge in [-0.3, -0.25) is 0 Å². The lowest BCUT2D eigenvalue weighted by molar-refractivity contribution is 0.542. The van der Waals surface area contributed by atoms with Gasteiger partial charge in [0.2, 0.25) is 0 Å². The summed E-state index contributed by atoms with van der Waals surface area (Å²) >= 11 is 3.08. The zero-order chi connectivity index (χ0) is 9.35. The minimum atomic E-state index is -0.485. The van der Waals surface area contributed by atoms with E-state index in [-0.39, 0.29) is 18.2 Å². The highest BCUT2D eigenvalue weighted by Gasteiger charge is 2.15. The fourth-order valence-electron chi connectivity index (χ4n) is 0.897. The molecule has 1 nitrogen and oxygen atoms in total. The molecule has 0 radical (unpaired) electrons. The van der Waals surface area contributed by atoms with Gasteiger partial charge >= 0.3 is 0 Å². The molecule has 1 rings (SSSR count). The molecule has 1 aromatic rings. The normalized spacial score (nSPS) is 10.8. The lowest BCUT2D eigenvalue weighted by atomic mass is 9.96. The number of nitrogens with two attached hydrogens (primary N) is 1. The van der Waals surface area contributed by atoms with Gasteiger partial charge in [-0.1, -0.05) is 6.07 Å². The van der Waals surface area contributed by atoms with Crippen LogP contribution in [0.2, 0.25) is 0 Å². The van der Waals surface area contributed by atoms with E-state index in [1.807, 2.05) is 19.9 Å². The smallest absolute Gasteiger partial charge is 0.137 e. The second-order valence-electron chi connectivity index (χ2n) is 3.35. The van der Waals surface area contributed by atoms with Crippen molar-refractivity contribution in [3.63, 3.8) is 0 Å². The van der Waals surface area contributed by atoms with Crippen LogP contribution in [0, 0.1) is 5.82 Å². The minimum Gasteiger partial charge on any atom is -0.322 e. The highest BCUT2D eigenvalue weighted by molar-refractivity contribution is 9.10. The monoisotopic (exact) mass is 267 g/mol. The van der Waals surface area contributed by atoms with Crippen LogP contribution in [0.15, 0.2) is 22.7 Å². The van der Waals surface area contributed by atoms with E-state index < -0.39 is 5.54 Å². The van der Waals surface area contributed by atoms with E-state index in [9.17, 15) is 4.39 Å². The molecule has 4 heteroatoms. The topological polar surface area (TPSA) is 26.0 Å². The Kier molecular flexibility index (Phi) is 4.36. The van der Waals surface area contributed by atoms with E-state index in [0.29, 0.717) is 4.47 Å². The molecule has 0 unspecified atom stereocenters. The molecule has 0 amide bonds. The standard InChI is InChI=1S/C9H11BrFN.ClH/c1-9(2,12)6-3-4-7(10)8(11)5-6;/h3-5H,12H2,1-2H3;1H.